The molecule has 3 rings (SSSR count). The first-order chi connectivity index (χ1) is 9.36. The first-order valence-electron chi connectivity index (χ1n) is 7.28. The molecule has 3 atom stereocenters. The van der Waals surface area contributed by atoms with Crippen molar-refractivity contribution in [2.45, 2.75) is 46.1 Å². The minimum Gasteiger partial charge on any atom is -0.473 e. The minimum absolute atomic E-state index is 0.208. The van der Waals surface area contributed by atoms with Crippen molar-refractivity contribution in [3.05, 3.63) is 23.9 Å². The molecule has 0 spiro atoms. The van der Waals surface area contributed by atoms with E-state index in [-0.39, 0.29) is 11.5 Å². The first kappa shape index (κ1) is 13.8. The highest BCUT2D eigenvalue weighted by Gasteiger charge is 2.62. The molecule has 1 aromatic rings. The summed E-state index contributed by atoms with van der Waals surface area (Å²) < 4.78 is 6.26. The molecular formula is C16H22N2OS. The molecule has 2 saturated carbocycles. The molecule has 0 aliphatic heterocycles. The number of ether oxygens (including phenoxy) is 1. The maximum Gasteiger partial charge on any atom is 0.224 e. The van der Waals surface area contributed by atoms with Crippen LogP contribution in [0.3, 0.4) is 0 Å². The predicted molar refractivity (Wildman–Crippen MR) is 83.8 cm³/mol. The van der Waals surface area contributed by atoms with Crippen molar-refractivity contribution in [1.82, 2.24) is 4.98 Å². The van der Waals surface area contributed by atoms with Gasteiger partial charge in [0.25, 0.3) is 0 Å². The molecule has 0 aromatic carbocycles. The van der Waals surface area contributed by atoms with Gasteiger partial charge in [-0.15, -0.1) is 0 Å². The van der Waals surface area contributed by atoms with Crippen molar-refractivity contribution in [1.29, 1.82) is 0 Å². The fraction of sp³-hybridized carbons (Fsp3) is 0.625. The summed E-state index contributed by atoms with van der Waals surface area (Å²) in [6.07, 6.45) is 5.59. The Morgan fingerprint density at radius 1 is 1.45 bits per heavy atom. The van der Waals surface area contributed by atoms with E-state index >= 15 is 0 Å². The maximum absolute atomic E-state index is 6.26. The standard InChI is InChI=1S/C16H22N2OS/c1-15(2)10-6-7-16(15,3)12(9-10)19-14-11(13(17)20)5-4-8-18-14/h4-5,8,10,12H,6-7,9H2,1-3H3,(H2,17,20). The Morgan fingerprint density at radius 3 is 2.75 bits per heavy atom. The van der Waals surface area contributed by atoms with Crippen molar-refractivity contribution in [3.63, 3.8) is 0 Å². The number of nitrogens with zero attached hydrogens (tertiary/aromatic N) is 1. The van der Waals surface area contributed by atoms with Gasteiger partial charge in [0, 0.05) is 11.6 Å². The van der Waals surface area contributed by atoms with E-state index in [1.807, 2.05) is 12.1 Å². The molecular weight excluding hydrogens is 268 g/mol. The van der Waals surface area contributed by atoms with E-state index in [1.165, 1.54) is 12.8 Å². The van der Waals surface area contributed by atoms with Crippen LogP contribution in [0.15, 0.2) is 18.3 Å². The molecule has 0 amide bonds. The summed E-state index contributed by atoms with van der Waals surface area (Å²) in [5.41, 5.74) is 7.04. The SMILES string of the molecule is CC1(C)C2CCC1(C)C(Oc1ncccc1C(N)=S)C2. The zero-order valence-electron chi connectivity index (χ0n) is 12.3. The number of fused-ring (bicyclic) bond motifs is 2. The van der Waals surface area contributed by atoms with Crippen molar-refractivity contribution in [3.8, 4) is 5.88 Å². The first-order valence-corrected chi connectivity index (χ1v) is 7.68. The van der Waals surface area contributed by atoms with E-state index in [0.29, 0.717) is 16.3 Å². The molecule has 1 aromatic heterocycles. The number of nitrogens with two attached hydrogens (primary N) is 1. The van der Waals surface area contributed by atoms with E-state index in [9.17, 15) is 0 Å². The predicted octanol–water partition coefficient (Wildman–Crippen LogP) is 3.31. The number of rotatable bonds is 3. The Morgan fingerprint density at radius 2 is 2.20 bits per heavy atom. The summed E-state index contributed by atoms with van der Waals surface area (Å²) in [5, 5.41) is 0. The molecule has 0 radical (unpaired) electrons. The molecule has 2 aliphatic carbocycles. The third-order valence-electron chi connectivity index (χ3n) is 6.00. The Hall–Kier alpha value is -1.16. The smallest absolute Gasteiger partial charge is 0.224 e. The molecule has 3 unspecified atom stereocenters. The molecule has 2 fully saturated rings. The zero-order chi connectivity index (χ0) is 14.5. The summed E-state index contributed by atoms with van der Waals surface area (Å²) in [5.74, 6) is 1.34. The minimum atomic E-state index is 0.208. The van der Waals surface area contributed by atoms with Crippen LogP contribution in [-0.4, -0.2) is 16.1 Å². The Balaban J connectivity index is 1.89. The fourth-order valence-corrected chi connectivity index (χ4v) is 4.27. The van der Waals surface area contributed by atoms with Gasteiger partial charge in [0.15, 0.2) is 0 Å². The molecule has 2 aliphatic rings. The monoisotopic (exact) mass is 290 g/mol. The number of aromatic nitrogens is 1. The van der Waals surface area contributed by atoms with Gasteiger partial charge in [-0.2, -0.15) is 0 Å². The van der Waals surface area contributed by atoms with Gasteiger partial charge >= 0.3 is 0 Å². The molecule has 1 heterocycles. The molecule has 3 nitrogen and oxygen atoms in total. The van der Waals surface area contributed by atoms with Gasteiger partial charge in [0.2, 0.25) is 5.88 Å². The van der Waals surface area contributed by atoms with Crippen molar-refractivity contribution in [2.75, 3.05) is 0 Å². The van der Waals surface area contributed by atoms with Gasteiger partial charge in [-0.25, -0.2) is 4.98 Å². The second-order valence-corrected chi connectivity index (χ2v) is 7.38. The van der Waals surface area contributed by atoms with Gasteiger partial charge < -0.3 is 10.5 Å². The van der Waals surface area contributed by atoms with E-state index in [0.717, 1.165) is 17.9 Å². The number of hydrogen-bond donors (Lipinski definition) is 1. The van der Waals surface area contributed by atoms with Crippen molar-refractivity contribution < 1.29 is 4.74 Å². The lowest BCUT2D eigenvalue weighted by molar-refractivity contribution is 0.0272. The molecule has 4 heteroatoms. The van der Waals surface area contributed by atoms with E-state index in [4.69, 9.17) is 22.7 Å². The summed E-state index contributed by atoms with van der Waals surface area (Å²) in [6.45, 7) is 7.11. The van der Waals surface area contributed by atoms with E-state index < -0.39 is 0 Å². The van der Waals surface area contributed by atoms with Crippen LogP contribution >= 0.6 is 12.2 Å². The van der Waals surface area contributed by atoms with Gasteiger partial charge in [-0.3, -0.25) is 0 Å². The highest BCUT2D eigenvalue weighted by atomic mass is 32.1. The quantitative estimate of drug-likeness (QED) is 0.868. The molecule has 2 bridgehead atoms. The summed E-state index contributed by atoms with van der Waals surface area (Å²) in [7, 11) is 0. The van der Waals surface area contributed by atoms with Gasteiger partial charge in [-0.05, 0) is 42.7 Å². The van der Waals surface area contributed by atoms with Crippen LogP contribution in [0.1, 0.15) is 45.6 Å². The lowest BCUT2D eigenvalue weighted by Gasteiger charge is -2.38. The molecule has 108 valence electrons. The van der Waals surface area contributed by atoms with E-state index in [1.54, 1.807) is 6.20 Å². The van der Waals surface area contributed by atoms with Crippen LogP contribution in [0.2, 0.25) is 0 Å². The van der Waals surface area contributed by atoms with Crippen LogP contribution < -0.4 is 10.5 Å². The second-order valence-electron chi connectivity index (χ2n) is 6.94. The third kappa shape index (κ3) is 1.77. The Bertz CT molecular complexity index is 557. The lowest BCUT2D eigenvalue weighted by Crippen LogP contribution is -2.39. The highest BCUT2D eigenvalue weighted by molar-refractivity contribution is 7.80. The van der Waals surface area contributed by atoms with Gasteiger partial charge in [0.05, 0.1) is 5.56 Å². The zero-order valence-corrected chi connectivity index (χ0v) is 13.2. The maximum atomic E-state index is 6.26. The Labute approximate surface area is 125 Å². The number of thiocarbonyl (C=S) groups is 1. The van der Waals surface area contributed by atoms with Gasteiger partial charge in [-0.1, -0.05) is 33.0 Å². The fourth-order valence-electron chi connectivity index (χ4n) is 4.12. The molecule has 0 saturated heterocycles. The topological polar surface area (TPSA) is 48.1 Å². The third-order valence-corrected chi connectivity index (χ3v) is 6.22. The highest BCUT2D eigenvalue weighted by Crippen LogP contribution is 2.66. The molecule has 2 N–H and O–H groups in total. The van der Waals surface area contributed by atoms with Crippen LogP contribution in [-0.2, 0) is 0 Å². The van der Waals surface area contributed by atoms with Crippen LogP contribution in [0.4, 0.5) is 0 Å². The average molecular weight is 290 g/mol. The van der Waals surface area contributed by atoms with Crippen molar-refractivity contribution in [2.24, 2.45) is 22.5 Å². The van der Waals surface area contributed by atoms with Crippen LogP contribution in [0, 0.1) is 16.7 Å². The largest absolute Gasteiger partial charge is 0.473 e. The lowest BCUT2D eigenvalue weighted by atomic mass is 9.70. The second kappa shape index (κ2) is 4.42. The van der Waals surface area contributed by atoms with E-state index in [2.05, 4.69) is 25.8 Å². The van der Waals surface area contributed by atoms with Gasteiger partial charge in [0.1, 0.15) is 11.1 Å². The normalized spacial score (nSPS) is 34.1. The summed E-state index contributed by atoms with van der Waals surface area (Å²) >= 11 is 5.09. The summed E-state index contributed by atoms with van der Waals surface area (Å²) in [4.78, 5) is 4.68. The Kier molecular flexibility index (Phi) is 3.05. The van der Waals surface area contributed by atoms with Crippen LogP contribution in [0.25, 0.3) is 0 Å². The number of pyridine rings is 1. The van der Waals surface area contributed by atoms with Crippen molar-refractivity contribution >= 4 is 17.2 Å². The van der Waals surface area contributed by atoms with Crippen LogP contribution in [0.5, 0.6) is 5.88 Å². The average Bonchev–Trinajstić information content (AvgIpc) is 2.72. The summed E-state index contributed by atoms with van der Waals surface area (Å²) in [6, 6.07) is 3.72. The number of hydrogen-bond acceptors (Lipinski definition) is 3. The molecule has 20 heavy (non-hydrogen) atoms.